The van der Waals surface area contributed by atoms with Crippen molar-refractivity contribution in [2.45, 2.75) is 32.1 Å². The number of nitrogens with two attached hydrogens (primary N) is 1. The standard InChI is InChI=1S/C20H31N4O3S/c1-16(2)22-19-5-3-4-17(18(19)15-28(22,26)27)6-7-23-8-11-24(12-9-23,13-10-23)14-20(21)25/h3-5,16H,6-15H2,1-2H3,(H-,21,25)/q+1/p+1. The van der Waals surface area contributed by atoms with Gasteiger partial charge >= 0.3 is 0 Å². The third-order valence-electron chi connectivity index (χ3n) is 7.07. The van der Waals surface area contributed by atoms with Crippen LogP contribution >= 0.6 is 0 Å². The first kappa shape index (κ1) is 19.7. The van der Waals surface area contributed by atoms with Crippen molar-refractivity contribution >= 4 is 21.6 Å². The number of rotatable bonds is 6. The molecule has 4 aliphatic heterocycles. The van der Waals surface area contributed by atoms with Gasteiger partial charge in [0.05, 0.1) is 18.0 Å². The predicted molar refractivity (Wildman–Crippen MR) is 109 cm³/mol. The van der Waals surface area contributed by atoms with Crippen LogP contribution in [-0.4, -0.2) is 81.7 Å². The van der Waals surface area contributed by atoms with Crippen LogP contribution in [0.5, 0.6) is 0 Å². The Labute approximate surface area is 167 Å². The molecule has 0 radical (unpaired) electrons. The van der Waals surface area contributed by atoms with E-state index in [-0.39, 0.29) is 17.7 Å². The van der Waals surface area contributed by atoms with Gasteiger partial charge in [-0.15, -0.1) is 0 Å². The lowest BCUT2D eigenvalue weighted by Gasteiger charge is -2.55. The lowest BCUT2D eigenvalue weighted by molar-refractivity contribution is -1.08. The summed E-state index contributed by atoms with van der Waals surface area (Å²) in [7, 11) is -3.26. The predicted octanol–water partition coefficient (Wildman–Crippen LogP) is 0.433. The van der Waals surface area contributed by atoms with Gasteiger partial charge in [0.15, 0.2) is 6.54 Å². The summed E-state index contributed by atoms with van der Waals surface area (Å²) < 4.78 is 28.8. The molecule has 1 aromatic rings. The number of hydrogen-bond donors (Lipinski definition) is 1. The molecule has 4 heterocycles. The van der Waals surface area contributed by atoms with E-state index in [0.717, 1.165) is 72.5 Å². The first-order valence-corrected chi connectivity index (χ1v) is 11.9. The van der Waals surface area contributed by atoms with E-state index in [1.54, 1.807) is 4.31 Å². The first-order valence-electron chi connectivity index (χ1n) is 10.3. The van der Waals surface area contributed by atoms with Gasteiger partial charge in [0.25, 0.3) is 5.91 Å². The zero-order chi connectivity index (χ0) is 20.2. The number of nitrogens with zero attached hydrogens (tertiary/aromatic N) is 3. The maximum absolute atomic E-state index is 12.6. The summed E-state index contributed by atoms with van der Waals surface area (Å²) >= 11 is 0. The number of carbonyl (C=O) groups excluding carboxylic acids is 1. The van der Waals surface area contributed by atoms with Crippen molar-refractivity contribution in [2.24, 2.45) is 5.73 Å². The minimum atomic E-state index is -3.26. The maximum atomic E-state index is 12.6. The summed E-state index contributed by atoms with van der Waals surface area (Å²) in [6.07, 6.45) is 0.903. The maximum Gasteiger partial charge on any atom is 0.272 e. The van der Waals surface area contributed by atoms with E-state index in [1.807, 2.05) is 26.0 Å². The third-order valence-corrected chi connectivity index (χ3v) is 8.95. The van der Waals surface area contributed by atoms with Gasteiger partial charge < -0.3 is 14.7 Å². The number of hydrogen-bond acceptors (Lipinski definition) is 3. The molecule has 3 saturated heterocycles. The third kappa shape index (κ3) is 3.31. The fraction of sp³-hybridized carbons (Fsp3) is 0.650. The molecule has 28 heavy (non-hydrogen) atoms. The molecule has 0 aromatic heterocycles. The van der Waals surface area contributed by atoms with Gasteiger partial charge in [-0.25, -0.2) is 8.42 Å². The number of piperazine rings is 3. The van der Waals surface area contributed by atoms with Gasteiger partial charge in [0.2, 0.25) is 10.0 Å². The number of quaternary nitrogens is 2. The Balaban J connectivity index is 1.49. The number of fused-ring (bicyclic) bond motifs is 4. The average Bonchev–Trinajstić information content (AvgIpc) is 2.91. The molecule has 0 spiro atoms. The largest absolute Gasteiger partial charge is 0.365 e. The SMILES string of the molecule is CC(C)N1c2cccc(CC[N+]34CC[N+](CC(N)=O)(CC3)CC4)c2CS1(=O)=O. The molecule has 1 aromatic carbocycles. The van der Waals surface area contributed by atoms with Gasteiger partial charge in [-0.3, -0.25) is 9.10 Å². The quantitative estimate of drug-likeness (QED) is 0.694. The molecule has 1 amide bonds. The van der Waals surface area contributed by atoms with Crippen molar-refractivity contribution in [3.63, 3.8) is 0 Å². The van der Waals surface area contributed by atoms with E-state index >= 15 is 0 Å². The molecule has 7 nitrogen and oxygen atoms in total. The molecule has 0 unspecified atom stereocenters. The smallest absolute Gasteiger partial charge is 0.272 e. The Morgan fingerprint density at radius 2 is 1.71 bits per heavy atom. The van der Waals surface area contributed by atoms with Crippen LogP contribution in [0, 0.1) is 0 Å². The highest BCUT2D eigenvalue weighted by Crippen LogP contribution is 2.38. The summed E-state index contributed by atoms with van der Waals surface area (Å²) in [5, 5.41) is 0. The molecule has 0 aliphatic carbocycles. The Hall–Kier alpha value is -1.64. The average molecular weight is 409 g/mol. The molecule has 0 atom stereocenters. The fourth-order valence-electron chi connectivity index (χ4n) is 5.43. The lowest BCUT2D eigenvalue weighted by atomic mass is 10.0. The van der Waals surface area contributed by atoms with Crippen molar-refractivity contribution in [3.05, 3.63) is 29.3 Å². The summed E-state index contributed by atoms with van der Waals surface area (Å²) in [5.41, 5.74) is 8.49. The summed E-state index contributed by atoms with van der Waals surface area (Å²) in [5.74, 6) is -0.0763. The second kappa shape index (κ2) is 6.71. The lowest BCUT2D eigenvalue weighted by Crippen LogP contribution is -2.76. The number of primary amides is 1. The van der Waals surface area contributed by atoms with E-state index in [4.69, 9.17) is 5.73 Å². The Kier molecular flexibility index (Phi) is 4.71. The molecule has 154 valence electrons. The zero-order valence-electron chi connectivity index (χ0n) is 16.9. The summed E-state index contributed by atoms with van der Waals surface area (Å²) in [6, 6.07) is 5.96. The number of amides is 1. The van der Waals surface area contributed by atoms with Crippen LogP contribution in [-0.2, 0) is 27.0 Å². The van der Waals surface area contributed by atoms with Crippen LogP contribution in [0.1, 0.15) is 25.0 Å². The van der Waals surface area contributed by atoms with Crippen molar-refractivity contribution in [1.82, 2.24) is 0 Å². The van der Waals surface area contributed by atoms with Gasteiger partial charge in [-0.2, -0.15) is 0 Å². The van der Waals surface area contributed by atoms with Gasteiger partial charge in [0, 0.05) is 12.5 Å². The topological polar surface area (TPSA) is 80.5 Å². The van der Waals surface area contributed by atoms with Gasteiger partial charge in [0.1, 0.15) is 39.3 Å². The monoisotopic (exact) mass is 408 g/mol. The minimum absolute atomic E-state index is 0.0660. The number of sulfonamides is 1. The van der Waals surface area contributed by atoms with E-state index in [0.29, 0.717) is 6.54 Å². The van der Waals surface area contributed by atoms with Crippen LogP contribution in [0.15, 0.2) is 18.2 Å². The molecule has 8 heteroatoms. The molecule has 2 N–H and O–H groups in total. The van der Waals surface area contributed by atoms with E-state index in [9.17, 15) is 13.2 Å². The Morgan fingerprint density at radius 3 is 2.29 bits per heavy atom. The molecular formula is C20H32N4O3S+2. The van der Waals surface area contributed by atoms with Crippen LogP contribution in [0.2, 0.25) is 0 Å². The Morgan fingerprint density at radius 1 is 1.11 bits per heavy atom. The van der Waals surface area contributed by atoms with Crippen molar-refractivity contribution in [1.29, 1.82) is 0 Å². The van der Waals surface area contributed by atoms with Crippen molar-refractivity contribution in [2.75, 3.05) is 56.7 Å². The van der Waals surface area contributed by atoms with Gasteiger partial charge in [-0.1, -0.05) is 12.1 Å². The number of carbonyl (C=O) groups is 1. The molecule has 2 bridgehead atoms. The molecule has 0 saturated carbocycles. The highest BCUT2D eigenvalue weighted by atomic mass is 32.2. The number of benzene rings is 1. The van der Waals surface area contributed by atoms with E-state index in [1.165, 1.54) is 5.56 Å². The highest BCUT2D eigenvalue weighted by Gasteiger charge is 2.49. The molecule has 5 rings (SSSR count). The summed E-state index contributed by atoms with van der Waals surface area (Å²) in [4.78, 5) is 11.4. The van der Waals surface area contributed by atoms with Crippen LogP contribution < -0.4 is 10.0 Å². The molecular weight excluding hydrogens is 376 g/mol. The first-order chi connectivity index (χ1) is 13.2. The summed E-state index contributed by atoms with van der Waals surface area (Å²) in [6.45, 7) is 11.7. The fourth-order valence-corrected chi connectivity index (χ4v) is 7.38. The van der Waals surface area contributed by atoms with Crippen molar-refractivity contribution in [3.8, 4) is 0 Å². The molecule has 3 fully saturated rings. The van der Waals surface area contributed by atoms with Crippen LogP contribution in [0.3, 0.4) is 0 Å². The van der Waals surface area contributed by atoms with E-state index in [2.05, 4.69) is 6.07 Å². The second-order valence-corrected chi connectivity index (χ2v) is 11.0. The van der Waals surface area contributed by atoms with Gasteiger partial charge in [-0.05, 0) is 31.0 Å². The molecule has 4 aliphatic rings. The van der Waals surface area contributed by atoms with Crippen LogP contribution in [0.4, 0.5) is 5.69 Å². The van der Waals surface area contributed by atoms with Crippen LogP contribution in [0.25, 0.3) is 0 Å². The minimum Gasteiger partial charge on any atom is -0.365 e. The Bertz CT molecular complexity index is 872. The second-order valence-electron chi connectivity index (χ2n) is 9.18. The zero-order valence-corrected chi connectivity index (χ0v) is 17.7. The highest BCUT2D eigenvalue weighted by molar-refractivity contribution is 7.92. The normalized spacial score (nSPS) is 30.6. The van der Waals surface area contributed by atoms with Crippen molar-refractivity contribution < 1.29 is 22.2 Å². The number of anilines is 1. The van der Waals surface area contributed by atoms with E-state index < -0.39 is 10.0 Å².